The summed E-state index contributed by atoms with van der Waals surface area (Å²) in [7, 11) is -4.94. The maximum Gasteiger partial charge on any atom is 0.217 e. The van der Waals surface area contributed by atoms with Crippen LogP contribution >= 0.6 is 0 Å². The van der Waals surface area contributed by atoms with Gasteiger partial charge in [0.15, 0.2) is 0 Å². The molecule has 0 saturated heterocycles. The molecule has 0 bridgehead atoms. The van der Waals surface area contributed by atoms with Crippen LogP contribution in [0.5, 0.6) is 0 Å². The maximum absolute atomic E-state index is 8.49. The molecule has 192 valence electrons. The summed E-state index contributed by atoms with van der Waals surface area (Å²) in [6.07, 6.45) is 7.29. The molecule has 1 aliphatic rings. The summed E-state index contributed by atoms with van der Waals surface area (Å²) in [4.78, 5) is 0. The Balaban J connectivity index is 0.000000586. The van der Waals surface area contributed by atoms with Gasteiger partial charge in [-0.05, 0) is 54.2 Å². The molecule has 1 aliphatic carbocycles. The molecule has 0 radical (unpaired) electrons. The number of aromatic nitrogens is 1. The van der Waals surface area contributed by atoms with Gasteiger partial charge in [0, 0.05) is 29.2 Å². The van der Waals surface area contributed by atoms with Crippen LogP contribution in [-0.2, 0) is 19.4 Å². The van der Waals surface area contributed by atoms with E-state index in [9.17, 15) is 0 Å². The Kier molecular flexibility index (Phi) is 9.09. The lowest BCUT2D eigenvalue weighted by Crippen LogP contribution is -2.68. The first kappa shape index (κ1) is 27.0. The predicted molar refractivity (Wildman–Crippen MR) is 134 cm³/mol. The molecule has 6 heteroatoms. The van der Waals surface area contributed by atoms with Crippen molar-refractivity contribution in [3.8, 4) is 33.6 Å². The third-order valence-corrected chi connectivity index (χ3v) is 6.76. The van der Waals surface area contributed by atoms with Gasteiger partial charge in [-0.2, -0.15) is 4.57 Å². The molecule has 1 aromatic heterocycles. The standard InChI is InChI=1S/C31H32N.ClHO4/c1-2-3-4-13-22-32-30(26-17-9-6-10-18-26)23-29(24-14-7-5-8-15-24)28-21-20-25-16-11-12-19-27(25)31(28)32;2-1(3,4)5/h5-12,14-19,23H,2-4,13,20-22H2,1H3;(H,2,3,4,5)/q+1;/p-1. The molecule has 0 amide bonds. The summed E-state index contributed by atoms with van der Waals surface area (Å²) in [6, 6.07) is 33.4. The third kappa shape index (κ3) is 7.04. The highest BCUT2D eigenvalue weighted by Crippen LogP contribution is 2.39. The van der Waals surface area contributed by atoms with Gasteiger partial charge in [-0.1, -0.05) is 86.5 Å². The van der Waals surface area contributed by atoms with Crippen LogP contribution in [0.15, 0.2) is 91.0 Å². The van der Waals surface area contributed by atoms with E-state index in [1.54, 1.807) is 0 Å². The number of fused-ring (bicyclic) bond motifs is 3. The average Bonchev–Trinajstić information content (AvgIpc) is 2.90. The minimum absolute atomic E-state index is 1.07. The lowest BCUT2D eigenvalue weighted by molar-refractivity contribution is -2.00. The van der Waals surface area contributed by atoms with Crippen molar-refractivity contribution >= 4 is 0 Å². The van der Waals surface area contributed by atoms with E-state index < -0.39 is 10.2 Å². The number of pyridine rings is 1. The van der Waals surface area contributed by atoms with Crippen molar-refractivity contribution in [1.29, 1.82) is 0 Å². The Hall–Kier alpha value is -3.06. The normalized spacial score (nSPS) is 12.2. The lowest BCUT2D eigenvalue weighted by Gasteiger charge is -2.23. The van der Waals surface area contributed by atoms with Gasteiger partial charge >= 0.3 is 0 Å². The molecule has 1 heterocycles. The molecule has 5 rings (SSSR count). The highest BCUT2D eigenvalue weighted by molar-refractivity contribution is 5.80. The monoisotopic (exact) mass is 517 g/mol. The highest BCUT2D eigenvalue weighted by atomic mass is 35.7. The molecule has 37 heavy (non-hydrogen) atoms. The fourth-order valence-corrected chi connectivity index (χ4v) is 5.16. The zero-order valence-electron chi connectivity index (χ0n) is 21.1. The molecule has 0 aliphatic heterocycles. The average molecular weight is 518 g/mol. The molecule has 0 fully saturated rings. The molecule has 0 atom stereocenters. The van der Waals surface area contributed by atoms with E-state index in [0.717, 1.165) is 19.4 Å². The van der Waals surface area contributed by atoms with E-state index in [1.165, 1.54) is 70.5 Å². The number of benzene rings is 3. The Labute approximate surface area is 221 Å². The van der Waals surface area contributed by atoms with Gasteiger partial charge < -0.3 is 0 Å². The number of unbranched alkanes of at least 4 members (excludes halogenated alkanes) is 3. The van der Waals surface area contributed by atoms with E-state index in [0.29, 0.717) is 0 Å². The number of hydrogen-bond donors (Lipinski definition) is 0. The van der Waals surface area contributed by atoms with Gasteiger partial charge in [0.1, 0.15) is 6.54 Å². The van der Waals surface area contributed by atoms with Crippen LogP contribution in [0, 0.1) is 10.2 Å². The summed E-state index contributed by atoms with van der Waals surface area (Å²) >= 11 is 0. The number of nitrogens with zero attached hydrogens (tertiary/aromatic N) is 1. The molecule has 0 spiro atoms. The van der Waals surface area contributed by atoms with Crippen molar-refractivity contribution in [2.45, 2.75) is 52.0 Å². The van der Waals surface area contributed by atoms with Crippen LogP contribution in [0.3, 0.4) is 0 Å². The van der Waals surface area contributed by atoms with E-state index >= 15 is 0 Å². The Morgan fingerprint density at radius 3 is 1.92 bits per heavy atom. The first-order valence-electron chi connectivity index (χ1n) is 12.8. The largest absolute Gasteiger partial charge is 0.222 e. The first-order chi connectivity index (χ1) is 17.9. The van der Waals surface area contributed by atoms with Crippen LogP contribution in [0.2, 0.25) is 0 Å². The summed E-state index contributed by atoms with van der Waals surface area (Å²) < 4.78 is 36.6. The summed E-state index contributed by atoms with van der Waals surface area (Å²) in [5, 5.41) is 0. The maximum atomic E-state index is 8.49. The Morgan fingerprint density at radius 1 is 0.676 bits per heavy atom. The lowest BCUT2D eigenvalue weighted by atomic mass is 9.83. The molecule has 0 unspecified atom stereocenters. The number of hydrogen-bond acceptors (Lipinski definition) is 4. The van der Waals surface area contributed by atoms with Gasteiger partial charge in [0.2, 0.25) is 11.4 Å². The quantitative estimate of drug-likeness (QED) is 0.278. The third-order valence-electron chi connectivity index (χ3n) is 6.76. The van der Waals surface area contributed by atoms with Crippen LogP contribution in [-0.4, -0.2) is 0 Å². The molecule has 3 aromatic carbocycles. The second kappa shape index (κ2) is 12.5. The van der Waals surface area contributed by atoms with Gasteiger partial charge in [-0.3, -0.25) is 0 Å². The van der Waals surface area contributed by atoms with Gasteiger partial charge in [0.25, 0.3) is 0 Å². The zero-order chi connectivity index (χ0) is 26.3. The van der Waals surface area contributed by atoms with Crippen LogP contribution in [0.4, 0.5) is 0 Å². The van der Waals surface area contributed by atoms with E-state index in [2.05, 4.69) is 102 Å². The van der Waals surface area contributed by atoms with Crippen LogP contribution in [0.25, 0.3) is 33.6 Å². The van der Waals surface area contributed by atoms with E-state index in [4.69, 9.17) is 18.6 Å². The van der Waals surface area contributed by atoms with Gasteiger partial charge in [-0.25, -0.2) is 18.6 Å². The Morgan fingerprint density at radius 2 is 1.27 bits per heavy atom. The SMILES string of the molecule is CCCCCC[n+]1c(-c2ccccc2)cc(-c2ccccc2)c2c1-c1ccccc1CC2.[O-][Cl+3]([O-])([O-])[O-]. The second-order valence-electron chi connectivity index (χ2n) is 9.25. The number of rotatable bonds is 7. The molecule has 4 aromatic rings. The molecular weight excluding hydrogens is 486 g/mol. The predicted octanol–water partition coefficient (Wildman–Crippen LogP) is 2.90. The highest BCUT2D eigenvalue weighted by Gasteiger charge is 2.31. The van der Waals surface area contributed by atoms with E-state index in [-0.39, 0.29) is 0 Å². The van der Waals surface area contributed by atoms with Gasteiger partial charge in [-0.15, -0.1) is 10.2 Å². The molecule has 0 saturated carbocycles. The van der Waals surface area contributed by atoms with Crippen molar-refractivity contribution in [1.82, 2.24) is 0 Å². The second-order valence-corrected chi connectivity index (χ2v) is 10.0. The summed E-state index contributed by atoms with van der Waals surface area (Å²) in [5.41, 5.74) is 11.2. The summed E-state index contributed by atoms with van der Waals surface area (Å²) in [5.74, 6) is 0. The van der Waals surface area contributed by atoms with Crippen molar-refractivity contribution in [3.05, 3.63) is 102 Å². The fourth-order valence-electron chi connectivity index (χ4n) is 5.16. The van der Waals surface area contributed by atoms with Crippen LogP contribution < -0.4 is 23.2 Å². The van der Waals surface area contributed by atoms with E-state index in [1.807, 2.05) is 0 Å². The molecule has 5 nitrogen and oxygen atoms in total. The minimum atomic E-state index is -4.94. The number of halogens is 1. The topological polar surface area (TPSA) is 96.1 Å². The molecular formula is C31H32ClNO4. The first-order valence-corrected chi connectivity index (χ1v) is 14.0. The zero-order valence-corrected chi connectivity index (χ0v) is 21.8. The van der Waals surface area contributed by atoms with Crippen molar-refractivity contribution < 1.29 is 33.4 Å². The smallest absolute Gasteiger partial charge is 0.217 e. The fraction of sp³-hybridized carbons (Fsp3) is 0.258. The van der Waals surface area contributed by atoms with Crippen molar-refractivity contribution in [2.75, 3.05) is 0 Å². The van der Waals surface area contributed by atoms with Gasteiger partial charge in [0.05, 0.1) is 0 Å². The molecule has 0 N–H and O–H groups in total. The summed E-state index contributed by atoms with van der Waals surface area (Å²) in [6.45, 7) is 3.35. The van der Waals surface area contributed by atoms with Crippen LogP contribution in [0.1, 0.15) is 43.7 Å². The Bertz CT molecular complexity index is 1300. The van der Waals surface area contributed by atoms with Crippen molar-refractivity contribution in [2.24, 2.45) is 0 Å². The minimum Gasteiger partial charge on any atom is -0.222 e. The number of aryl methyl sites for hydroxylation is 1. The van der Waals surface area contributed by atoms with Crippen molar-refractivity contribution in [3.63, 3.8) is 0 Å².